The van der Waals surface area contributed by atoms with Crippen LogP contribution in [0.1, 0.15) is 103 Å². The lowest BCUT2D eigenvalue weighted by Gasteiger charge is -2.39. The molecular formula is C38H47NO4. The van der Waals surface area contributed by atoms with Gasteiger partial charge in [0.2, 0.25) is 5.91 Å². The molecule has 3 aromatic rings. The van der Waals surface area contributed by atoms with Gasteiger partial charge in [0.1, 0.15) is 17.9 Å². The first kappa shape index (κ1) is 30.8. The van der Waals surface area contributed by atoms with Crippen molar-refractivity contribution in [2.24, 2.45) is 5.92 Å². The van der Waals surface area contributed by atoms with Gasteiger partial charge in [-0.2, -0.15) is 0 Å². The minimum Gasteiger partial charge on any atom is -0.508 e. The first-order chi connectivity index (χ1) is 20.8. The van der Waals surface area contributed by atoms with E-state index in [0.717, 1.165) is 61.6 Å². The third kappa shape index (κ3) is 7.68. The zero-order chi connectivity index (χ0) is 30.3. The lowest BCUT2D eigenvalue weighted by molar-refractivity contribution is -0.163. The number of hydrogen-bond donors (Lipinski definition) is 1. The van der Waals surface area contributed by atoms with Gasteiger partial charge in [0.25, 0.3) is 0 Å². The zero-order valence-corrected chi connectivity index (χ0v) is 26.1. The van der Waals surface area contributed by atoms with Gasteiger partial charge in [0, 0.05) is 6.54 Å². The maximum Gasteiger partial charge on any atom is 0.329 e. The smallest absolute Gasteiger partial charge is 0.329 e. The van der Waals surface area contributed by atoms with E-state index in [4.69, 9.17) is 4.74 Å². The number of aromatic hydroxyl groups is 1. The van der Waals surface area contributed by atoms with Crippen LogP contribution in [0, 0.1) is 26.7 Å². The average Bonchev–Trinajstić information content (AvgIpc) is 3.01. The molecule has 1 aliphatic carbocycles. The summed E-state index contributed by atoms with van der Waals surface area (Å²) < 4.78 is 6.29. The van der Waals surface area contributed by atoms with Crippen LogP contribution in [0.5, 0.6) is 5.75 Å². The topological polar surface area (TPSA) is 66.8 Å². The van der Waals surface area contributed by atoms with Gasteiger partial charge in [-0.05, 0) is 112 Å². The molecule has 1 aliphatic heterocycles. The Morgan fingerprint density at radius 2 is 1.58 bits per heavy atom. The molecule has 5 heteroatoms. The Kier molecular flexibility index (Phi) is 10.2. The van der Waals surface area contributed by atoms with E-state index in [2.05, 4.69) is 57.2 Å². The highest BCUT2D eigenvalue weighted by Gasteiger charge is 2.40. The van der Waals surface area contributed by atoms with E-state index < -0.39 is 12.1 Å². The molecule has 43 heavy (non-hydrogen) atoms. The summed E-state index contributed by atoms with van der Waals surface area (Å²) in [5.41, 5.74) is 6.66. The summed E-state index contributed by atoms with van der Waals surface area (Å²) in [5, 5.41) is 10.2. The number of amides is 1. The van der Waals surface area contributed by atoms with Crippen molar-refractivity contribution < 1.29 is 19.4 Å². The number of esters is 1. The Labute approximate surface area is 257 Å². The van der Waals surface area contributed by atoms with Crippen LogP contribution in [0.3, 0.4) is 0 Å². The number of carbonyl (C=O) groups excluding carboxylic acids is 2. The maximum atomic E-state index is 14.5. The molecule has 5 rings (SSSR count). The molecule has 0 bridgehead atoms. The summed E-state index contributed by atoms with van der Waals surface area (Å²) in [7, 11) is 0. The number of ether oxygens (including phenoxy) is 1. The molecule has 0 aromatic heterocycles. The molecule has 2 aliphatic rings. The van der Waals surface area contributed by atoms with Crippen molar-refractivity contribution in [3.63, 3.8) is 0 Å². The molecule has 1 N–H and O–H groups in total. The Morgan fingerprint density at radius 3 is 2.33 bits per heavy atom. The molecule has 5 nitrogen and oxygen atoms in total. The van der Waals surface area contributed by atoms with Crippen LogP contribution in [0.2, 0.25) is 0 Å². The summed E-state index contributed by atoms with van der Waals surface area (Å²) in [6.07, 6.45) is 8.82. The second kappa shape index (κ2) is 14.2. The van der Waals surface area contributed by atoms with E-state index in [1.165, 1.54) is 23.1 Å². The summed E-state index contributed by atoms with van der Waals surface area (Å²) in [6.45, 7) is 6.86. The maximum absolute atomic E-state index is 14.5. The quantitative estimate of drug-likeness (QED) is 0.258. The molecule has 1 heterocycles. The van der Waals surface area contributed by atoms with Crippen LogP contribution < -0.4 is 0 Å². The summed E-state index contributed by atoms with van der Waals surface area (Å²) in [4.78, 5) is 30.3. The second-order valence-corrected chi connectivity index (χ2v) is 12.8. The van der Waals surface area contributed by atoms with Crippen molar-refractivity contribution in [1.29, 1.82) is 0 Å². The number of aryl methyl sites for hydroxylation is 4. The van der Waals surface area contributed by atoms with Gasteiger partial charge in [0.05, 0.1) is 5.92 Å². The van der Waals surface area contributed by atoms with Crippen LogP contribution in [-0.4, -0.2) is 34.5 Å². The van der Waals surface area contributed by atoms with E-state index >= 15 is 0 Å². The van der Waals surface area contributed by atoms with E-state index in [0.29, 0.717) is 25.3 Å². The van der Waals surface area contributed by atoms with Crippen molar-refractivity contribution in [2.75, 3.05) is 6.54 Å². The van der Waals surface area contributed by atoms with E-state index in [1.54, 1.807) is 18.2 Å². The van der Waals surface area contributed by atoms with E-state index in [9.17, 15) is 14.7 Å². The van der Waals surface area contributed by atoms with Crippen molar-refractivity contribution in [2.45, 2.75) is 103 Å². The van der Waals surface area contributed by atoms with Gasteiger partial charge < -0.3 is 14.7 Å². The van der Waals surface area contributed by atoms with E-state index in [-0.39, 0.29) is 23.5 Å². The van der Waals surface area contributed by atoms with E-state index in [1.807, 2.05) is 17.0 Å². The molecule has 0 spiro atoms. The van der Waals surface area contributed by atoms with Crippen LogP contribution in [0.4, 0.5) is 0 Å². The standard InChI is InChI=1S/C38H47NO4/c1-26-11-9-15-32(23-26)36(30-12-5-4-6-13-30)37(41)39-22-8-7-17-34(39)38(42)43-35(31-14-10-16-33(40)25-31)21-20-29-19-18-27(2)28(3)24-29/h9-11,14-16,18-19,23-25,30,34-36,40H,4-8,12-13,17,20-22H2,1-3H3/t34-,35+,36-/m0/s1. The highest BCUT2D eigenvalue weighted by atomic mass is 16.5. The molecule has 1 saturated carbocycles. The second-order valence-electron chi connectivity index (χ2n) is 12.8. The fourth-order valence-corrected chi connectivity index (χ4v) is 7.06. The highest BCUT2D eigenvalue weighted by molar-refractivity contribution is 5.89. The molecule has 1 amide bonds. The number of nitrogens with zero attached hydrogens (tertiary/aromatic N) is 1. The SMILES string of the molecule is Cc1cccc([C@@H](C(=O)N2CCCC[C@H]2C(=O)O[C@H](CCc2ccc(C)c(C)c2)c2cccc(O)c2)C2CCCCC2)c1. The van der Waals surface area contributed by atoms with Crippen molar-refractivity contribution in [3.05, 3.63) is 100 Å². The Hall–Kier alpha value is -3.60. The third-order valence-electron chi connectivity index (χ3n) is 9.61. The number of phenolic OH excluding ortho intramolecular Hbond substituents is 1. The Bertz CT molecular complexity index is 1410. The normalized spacial score (nSPS) is 19.0. The van der Waals surface area contributed by atoms with Crippen LogP contribution >= 0.6 is 0 Å². The molecule has 3 aromatic carbocycles. The number of benzene rings is 3. The summed E-state index contributed by atoms with van der Waals surface area (Å²) >= 11 is 0. The number of rotatable bonds is 9. The first-order valence-corrected chi connectivity index (χ1v) is 16.2. The van der Waals surface area contributed by atoms with Crippen molar-refractivity contribution in [3.8, 4) is 5.75 Å². The van der Waals surface area contributed by atoms with Crippen LogP contribution in [0.15, 0.2) is 66.7 Å². The van der Waals surface area contributed by atoms with Gasteiger partial charge >= 0.3 is 5.97 Å². The van der Waals surface area contributed by atoms with Crippen LogP contribution in [0.25, 0.3) is 0 Å². The number of hydrogen-bond acceptors (Lipinski definition) is 4. The van der Waals surface area contributed by atoms with Crippen LogP contribution in [-0.2, 0) is 20.7 Å². The minimum absolute atomic E-state index is 0.0724. The lowest BCUT2D eigenvalue weighted by Crippen LogP contribution is -2.51. The van der Waals surface area contributed by atoms with Gasteiger partial charge in [-0.15, -0.1) is 0 Å². The Balaban J connectivity index is 1.38. The van der Waals surface area contributed by atoms with Crippen molar-refractivity contribution >= 4 is 11.9 Å². The third-order valence-corrected chi connectivity index (χ3v) is 9.61. The van der Waals surface area contributed by atoms with Gasteiger partial charge in [0.15, 0.2) is 0 Å². The molecular weight excluding hydrogens is 534 g/mol. The van der Waals surface area contributed by atoms with Crippen molar-refractivity contribution in [1.82, 2.24) is 4.90 Å². The summed E-state index contributed by atoms with van der Waals surface area (Å²) in [6, 6.07) is 21.2. The van der Waals surface area contributed by atoms with Gasteiger partial charge in [-0.1, -0.05) is 79.4 Å². The Morgan fingerprint density at radius 1 is 0.837 bits per heavy atom. The predicted octanol–water partition coefficient (Wildman–Crippen LogP) is 8.28. The minimum atomic E-state index is -0.599. The first-order valence-electron chi connectivity index (χ1n) is 16.2. The highest BCUT2D eigenvalue weighted by Crippen LogP contribution is 2.39. The fourth-order valence-electron chi connectivity index (χ4n) is 7.06. The van der Waals surface area contributed by atoms with Gasteiger partial charge in [-0.3, -0.25) is 4.79 Å². The summed E-state index contributed by atoms with van der Waals surface area (Å²) in [5.74, 6) is -0.0659. The number of carbonyl (C=O) groups is 2. The molecule has 3 atom stereocenters. The number of piperidine rings is 1. The largest absolute Gasteiger partial charge is 0.508 e. The molecule has 2 fully saturated rings. The monoisotopic (exact) mass is 581 g/mol. The average molecular weight is 582 g/mol. The molecule has 0 unspecified atom stereocenters. The predicted molar refractivity (Wildman–Crippen MR) is 171 cm³/mol. The molecule has 0 radical (unpaired) electrons. The lowest BCUT2D eigenvalue weighted by atomic mass is 9.75. The zero-order valence-electron chi connectivity index (χ0n) is 26.1. The number of likely N-dealkylation sites (tertiary alicyclic amines) is 1. The number of phenols is 1. The molecule has 228 valence electrons. The fraction of sp³-hybridized carbons (Fsp3) is 0.474. The van der Waals surface area contributed by atoms with Gasteiger partial charge in [-0.25, -0.2) is 4.79 Å². The molecule has 1 saturated heterocycles.